The first-order valence-corrected chi connectivity index (χ1v) is 7.31. The smallest absolute Gasteiger partial charge is 0.274 e. The normalized spacial score (nSPS) is 11.1. The van der Waals surface area contributed by atoms with E-state index >= 15 is 0 Å². The molecule has 116 valence electrons. The lowest BCUT2D eigenvalue weighted by molar-refractivity contribution is 0.102. The summed E-state index contributed by atoms with van der Waals surface area (Å²) in [4.78, 5) is 20.8. The SMILES string of the molecule is Cc1nc(NC(C)(C)C)cc(C(=O)Nc2ccc(Cl)cc2)n1. The van der Waals surface area contributed by atoms with Crippen molar-refractivity contribution in [2.45, 2.75) is 33.2 Å². The molecule has 2 aromatic rings. The molecule has 0 saturated carbocycles. The van der Waals surface area contributed by atoms with Crippen LogP contribution in [0.15, 0.2) is 30.3 Å². The molecule has 0 spiro atoms. The van der Waals surface area contributed by atoms with Gasteiger partial charge < -0.3 is 10.6 Å². The van der Waals surface area contributed by atoms with Gasteiger partial charge in [0.2, 0.25) is 0 Å². The largest absolute Gasteiger partial charge is 0.365 e. The molecule has 22 heavy (non-hydrogen) atoms. The third-order valence-corrected chi connectivity index (χ3v) is 2.93. The molecule has 6 heteroatoms. The van der Waals surface area contributed by atoms with Crippen molar-refractivity contribution in [1.82, 2.24) is 9.97 Å². The summed E-state index contributed by atoms with van der Waals surface area (Å²) in [6, 6.07) is 8.55. The fraction of sp³-hybridized carbons (Fsp3) is 0.312. The van der Waals surface area contributed by atoms with Crippen LogP contribution < -0.4 is 10.6 Å². The average Bonchev–Trinajstić information content (AvgIpc) is 2.38. The van der Waals surface area contributed by atoms with Crippen molar-refractivity contribution in [3.63, 3.8) is 0 Å². The van der Waals surface area contributed by atoms with Crippen LogP contribution in [-0.2, 0) is 0 Å². The summed E-state index contributed by atoms with van der Waals surface area (Å²) in [6.45, 7) is 7.83. The van der Waals surface area contributed by atoms with Crippen molar-refractivity contribution in [2.75, 3.05) is 10.6 Å². The first kappa shape index (κ1) is 16.2. The molecular formula is C16H19ClN4O. The average molecular weight is 319 g/mol. The number of hydrogen-bond donors (Lipinski definition) is 2. The molecular weight excluding hydrogens is 300 g/mol. The van der Waals surface area contributed by atoms with Crippen molar-refractivity contribution in [3.05, 3.63) is 46.9 Å². The third kappa shape index (κ3) is 4.70. The number of aryl methyl sites for hydroxylation is 1. The number of amides is 1. The van der Waals surface area contributed by atoms with Gasteiger partial charge in [0.15, 0.2) is 0 Å². The van der Waals surface area contributed by atoms with E-state index in [0.29, 0.717) is 28.0 Å². The molecule has 2 rings (SSSR count). The van der Waals surface area contributed by atoms with Crippen molar-refractivity contribution < 1.29 is 4.79 Å². The van der Waals surface area contributed by atoms with Crippen LogP contribution in [0.4, 0.5) is 11.5 Å². The minimum absolute atomic E-state index is 0.148. The molecule has 0 unspecified atom stereocenters. The monoisotopic (exact) mass is 318 g/mol. The second-order valence-electron chi connectivity index (χ2n) is 6.02. The van der Waals surface area contributed by atoms with Crippen LogP contribution in [-0.4, -0.2) is 21.4 Å². The number of carbonyl (C=O) groups is 1. The van der Waals surface area contributed by atoms with Crippen LogP contribution >= 0.6 is 11.6 Å². The summed E-state index contributed by atoms with van der Waals surface area (Å²) in [5, 5.41) is 6.65. The van der Waals surface area contributed by atoms with E-state index in [4.69, 9.17) is 11.6 Å². The van der Waals surface area contributed by atoms with Crippen molar-refractivity contribution >= 4 is 29.0 Å². The molecule has 0 aliphatic rings. The molecule has 0 saturated heterocycles. The summed E-state index contributed by atoms with van der Waals surface area (Å²) in [7, 11) is 0. The van der Waals surface area contributed by atoms with Gasteiger partial charge in [0, 0.05) is 22.3 Å². The molecule has 1 heterocycles. The zero-order chi connectivity index (χ0) is 16.3. The maximum Gasteiger partial charge on any atom is 0.274 e. The van der Waals surface area contributed by atoms with Crippen LogP contribution in [0, 0.1) is 6.92 Å². The van der Waals surface area contributed by atoms with E-state index in [9.17, 15) is 4.79 Å². The predicted molar refractivity (Wildman–Crippen MR) is 89.5 cm³/mol. The van der Waals surface area contributed by atoms with Gasteiger partial charge in [-0.05, 0) is 52.0 Å². The summed E-state index contributed by atoms with van der Waals surface area (Å²) in [6.07, 6.45) is 0. The predicted octanol–water partition coefficient (Wildman–Crippen LogP) is 3.90. The van der Waals surface area contributed by atoms with Gasteiger partial charge in [-0.25, -0.2) is 9.97 Å². The standard InChI is InChI=1S/C16H19ClN4O/c1-10-18-13(9-14(19-10)21-16(2,3)4)15(22)20-12-7-5-11(17)6-8-12/h5-9H,1-4H3,(H,20,22)(H,18,19,21). The van der Waals surface area contributed by atoms with E-state index in [-0.39, 0.29) is 11.4 Å². The van der Waals surface area contributed by atoms with Gasteiger partial charge in [-0.1, -0.05) is 11.6 Å². The molecule has 0 bridgehead atoms. The summed E-state index contributed by atoms with van der Waals surface area (Å²) >= 11 is 5.83. The number of hydrogen-bond acceptors (Lipinski definition) is 4. The maximum atomic E-state index is 12.3. The molecule has 0 fully saturated rings. The summed E-state index contributed by atoms with van der Waals surface area (Å²) in [5.74, 6) is 0.876. The van der Waals surface area contributed by atoms with E-state index in [1.54, 1.807) is 37.3 Å². The Bertz CT molecular complexity index is 678. The zero-order valence-corrected chi connectivity index (χ0v) is 13.8. The number of carbonyl (C=O) groups excluding carboxylic acids is 1. The molecule has 5 nitrogen and oxygen atoms in total. The van der Waals surface area contributed by atoms with Gasteiger partial charge in [-0.2, -0.15) is 0 Å². The first-order valence-electron chi connectivity index (χ1n) is 6.94. The van der Waals surface area contributed by atoms with Gasteiger partial charge in [0.25, 0.3) is 5.91 Å². The second kappa shape index (κ2) is 6.32. The Hall–Kier alpha value is -2.14. The Morgan fingerprint density at radius 2 is 1.77 bits per heavy atom. The molecule has 0 aliphatic heterocycles. The van der Waals surface area contributed by atoms with Gasteiger partial charge in [-0.3, -0.25) is 4.79 Å². The number of rotatable bonds is 3. The van der Waals surface area contributed by atoms with Gasteiger partial charge in [-0.15, -0.1) is 0 Å². The van der Waals surface area contributed by atoms with E-state index in [1.807, 2.05) is 20.8 Å². The van der Waals surface area contributed by atoms with Gasteiger partial charge in [0.05, 0.1) is 0 Å². The number of benzene rings is 1. The summed E-state index contributed by atoms with van der Waals surface area (Å²) < 4.78 is 0. The van der Waals surface area contributed by atoms with Crippen molar-refractivity contribution in [2.24, 2.45) is 0 Å². The van der Waals surface area contributed by atoms with Crippen LogP contribution in [0.3, 0.4) is 0 Å². The Labute approximate surface area is 135 Å². The highest BCUT2D eigenvalue weighted by atomic mass is 35.5. The molecule has 0 aliphatic carbocycles. The highest BCUT2D eigenvalue weighted by molar-refractivity contribution is 6.30. The number of aromatic nitrogens is 2. The highest BCUT2D eigenvalue weighted by Gasteiger charge is 2.15. The minimum Gasteiger partial charge on any atom is -0.365 e. The van der Waals surface area contributed by atoms with Crippen LogP contribution in [0.1, 0.15) is 37.1 Å². The van der Waals surface area contributed by atoms with Crippen LogP contribution in [0.25, 0.3) is 0 Å². The van der Waals surface area contributed by atoms with E-state index < -0.39 is 0 Å². The Morgan fingerprint density at radius 1 is 1.14 bits per heavy atom. The highest BCUT2D eigenvalue weighted by Crippen LogP contribution is 2.16. The van der Waals surface area contributed by atoms with Crippen LogP contribution in [0.2, 0.25) is 5.02 Å². The Kier molecular flexibility index (Phi) is 4.66. The molecule has 0 radical (unpaired) electrons. The lowest BCUT2D eigenvalue weighted by Crippen LogP contribution is -2.27. The molecule has 2 N–H and O–H groups in total. The number of nitrogens with one attached hydrogen (secondary N) is 2. The van der Waals surface area contributed by atoms with E-state index in [0.717, 1.165) is 0 Å². The van der Waals surface area contributed by atoms with Gasteiger partial charge in [0.1, 0.15) is 17.3 Å². The molecule has 0 atom stereocenters. The number of nitrogens with zero attached hydrogens (tertiary/aromatic N) is 2. The van der Waals surface area contributed by atoms with E-state index in [2.05, 4.69) is 20.6 Å². The maximum absolute atomic E-state index is 12.3. The fourth-order valence-electron chi connectivity index (χ4n) is 1.86. The topological polar surface area (TPSA) is 66.9 Å². The minimum atomic E-state index is -0.287. The summed E-state index contributed by atoms with van der Waals surface area (Å²) in [5.41, 5.74) is 0.829. The first-order chi connectivity index (χ1) is 10.2. The fourth-order valence-corrected chi connectivity index (χ4v) is 1.99. The number of halogens is 1. The lowest BCUT2D eigenvalue weighted by Gasteiger charge is -2.21. The lowest BCUT2D eigenvalue weighted by atomic mass is 10.1. The molecule has 1 amide bonds. The number of anilines is 2. The Morgan fingerprint density at radius 3 is 2.36 bits per heavy atom. The van der Waals surface area contributed by atoms with Crippen molar-refractivity contribution in [1.29, 1.82) is 0 Å². The zero-order valence-electron chi connectivity index (χ0n) is 13.1. The molecule has 1 aromatic heterocycles. The molecule has 1 aromatic carbocycles. The van der Waals surface area contributed by atoms with Crippen LogP contribution in [0.5, 0.6) is 0 Å². The third-order valence-electron chi connectivity index (χ3n) is 2.68. The quantitative estimate of drug-likeness (QED) is 0.900. The second-order valence-corrected chi connectivity index (χ2v) is 6.46. The van der Waals surface area contributed by atoms with Crippen molar-refractivity contribution in [3.8, 4) is 0 Å². The Balaban J connectivity index is 2.20. The van der Waals surface area contributed by atoms with Gasteiger partial charge >= 0.3 is 0 Å². The van der Waals surface area contributed by atoms with E-state index in [1.165, 1.54) is 0 Å².